The maximum atomic E-state index is 13.3. The number of hydrogen-bond acceptors (Lipinski definition) is 4. The highest BCUT2D eigenvalue weighted by molar-refractivity contribution is 5.90. The van der Waals surface area contributed by atoms with Crippen LogP contribution in [0.4, 0.5) is 0 Å². The molecule has 0 radical (unpaired) electrons. The van der Waals surface area contributed by atoms with Gasteiger partial charge in [0, 0.05) is 43.7 Å². The molecule has 0 bridgehead atoms. The third kappa shape index (κ3) is 4.38. The second-order valence-corrected chi connectivity index (χ2v) is 8.07. The number of halogens is 1. The zero-order valence-corrected chi connectivity index (χ0v) is 17.3. The molecule has 3 rings (SSSR count). The number of rotatable bonds is 3. The van der Waals surface area contributed by atoms with Gasteiger partial charge in [-0.05, 0) is 26.8 Å². The van der Waals surface area contributed by atoms with E-state index in [2.05, 4.69) is 5.32 Å². The van der Waals surface area contributed by atoms with Gasteiger partial charge in [-0.2, -0.15) is 0 Å². The van der Waals surface area contributed by atoms with Crippen molar-refractivity contribution in [3.63, 3.8) is 0 Å². The van der Waals surface area contributed by atoms with Gasteiger partial charge in [0.1, 0.15) is 5.75 Å². The second-order valence-electron chi connectivity index (χ2n) is 8.07. The number of methoxy groups -OCH3 is 1. The van der Waals surface area contributed by atoms with E-state index in [1.54, 1.807) is 7.11 Å². The number of carbonyl (C=O) groups is 2. The summed E-state index contributed by atoms with van der Waals surface area (Å²) in [7, 11) is 1.65. The summed E-state index contributed by atoms with van der Waals surface area (Å²) in [5.41, 5.74) is 0.755. The van der Waals surface area contributed by atoms with Crippen LogP contribution < -0.4 is 10.1 Å². The Balaban J connectivity index is 0.00000261. The molecule has 2 aliphatic heterocycles. The van der Waals surface area contributed by atoms with Crippen molar-refractivity contribution in [2.45, 2.75) is 38.8 Å². The second kappa shape index (κ2) is 8.48. The number of carbonyl (C=O) groups excluding carboxylic acids is 2. The number of nitrogens with zero attached hydrogens (tertiary/aromatic N) is 2. The molecule has 0 aromatic heterocycles. The first-order valence-electron chi connectivity index (χ1n) is 9.27. The molecule has 150 valence electrons. The quantitative estimate of drug-likeness (QED) is 0.852. The van der Waals surface area contributed by atoms with Crippen molar-refractivity contribution >= 4 is 24.2 Å². The smallest absolute Gasteiger partial charge is 0.228 e. The molecule has 0 saturated carbocycles. The number of amides is 2. The van der Waals surface area contributed by atoms with Crippen molar-refractivity contribution in [3.05, 3.63) is 29.8 Å². The van der Waals surface area contributed by atoms with Crippen molar-refractivity contribution < 1.29 is 14.3 Å². The van der Waals surface area contributed by atoms with Crippen LogP contribution in [0.5, 0.6) is 5.75 Å². The number of likely N-dealkylation sites (tertiary alicyclic amines) is 1. The Kier molecular flexibility index (Phi) is 6.76. The fourth-order valence-corrected chi connectivity index (χ4v) is 3.94. The summed E-state index contributed by atoms with van der Waals surface area (Å²) in [5, 5.41) is 3.38. The van der Waals surface area contributed by atoms with E-state index in [-0.39, 0.29) is 41.7 Å². The minimum Gasteiger partial charge on any atom is -0.496 e. The summed E-state index contributed by atoms with van der Waals surface area (Å²) in [6.45, 7) is 8.64. The summed E-state index contributed by atoms with van der Waals surface area (Å²) in [4.78, 5) is 29.4. The highest BCUT2D eigenvalue weighted by Crippen LogP contribution is 2.33. The Hall–Kier alpha value is -1.79. The SMILES string of the molecule is COc1ccccc1C1CNCCN1C(=O)C1CC(=O)N(C(C)(C)C)C1.Cl. The zero-order valence-electron chi connectivity index (χ0n) is 16.5. The standard InChI is InChI=1S/C20H29N3O3.ClH/c1-20(2,3)23-13-14(11-18(23)24)19(25)22-10-9-21-12-16(22)15-7-5-6-8-17(15)26-4;/h5-8,14,16,21H,9-13H2,1-4H3;1H. The first kappa shape index (κ1) is 21.5. The Morgan fingerprint density at radius 3 is 2.59 bits per heavy atom. The van der Waals surface area contributed by atoms with Crippen molar-refractivity contribution in [1.82, 2.24) is 15.1 Å². The molecule has 2 fully saturated rings. The molecular formula is C20H30ClN3O3. The molecule has 2 atom stereocenters. The van der Waals surface area contributed by atoms with Gasteiger partial charge in [-0.1, -0.05) is 18.2 Å². The molecule has 2 aliphatic rings. The summed E-state index contributed by atoms with van der Waals surface area (Å²) >= 11 is 0. The normalized spacial score (nSPS) is 23.2. The van der Waals surface area contributed by atoms with Gasteiger partial charge in [-0.15, -0.1) is 12.4 Å². The van der Waals surface area contributed by atoms with Crippen molar-refractivity contribution in [2.24, 2.45) is 5.92 Å². The maximum absolute atomic E-state index is 13.3. The molecule has 6 nitrogen and oxygen atoms in total. The molecule has 1 N–H and O–H groups in total. The van der Waals surface area contributed by atoms with Gasteiger partial charge >= 0.3 is 0 Å². The predicted molar refractivity (Wildman–Crippen MR) is 107 cm³/mol. The van der Waals surface area contributed by atoms with E-state index in [9.17, 15) is 9.59 Å². The topological polar surface area (TPSA) is 61.9 Å². The Morgan fingerprint density at radius 2 is 1.96 bits per heavy atom. The fraction of sp³-hybridized carbons (Fsp3) is 0.600. The van der Waals surface area contributed by atoms with E-state index in [0.29, 0.717) is 26.1 Å². The number of benzene rings is 1. The number of nitrogens with one attached hydrogen (secondary N) is 1. The third-order valence-corrected chi connectivity index (χ3v) is 5.31. The molecular weight excluding hydrogens is 366 g/mol. The molecule has 2 heterocycles. The van der Waals surface area contributed by atoms with E-state index < -0.39 is 0 Å². The van der Waals surface area contributed by atoms with E-state index in [1.807, 2.05) is 54.8 Å². The Morgan fingerprint density at radius 1 is 1.26 bits per heavy atom. The number of piperazine rings is 1. The third-order valence-electron chi connectivity index (χ3n) is 5.31. The summed E-state index contributed by atoms with van der Waals surface area (Å²) in [6.07, 6.45) is 0.304. The van der Waals surface area contributed by atoms with Gasteiger partial charge in [0.05, 0.1) is 19.1 Å². The average Bonchev–Trinajstić information content (AvgIpc) is 3.03. The van der Waals surface area contributed by atoms with Crippen LogP contribution in [0.2, 0.25) is 0 Å². The number of ether oxygens (including phenoxy) is 1. The lowest BCUT2D eigenvalue weighted by Crippen LogP contribution is -2.51. The number of hydrogen-bond donors (Lipinski definition) is 1. The highest BCUT2D eigenvalue weighted by Gasteiger charge is 2.42. The molecule has 2 amide bonds. The van der Waals surface area contributed by atoms with Gasteiger partial charge in [0.15, 0.2) is 0 Å². The average molecular weight is 396 g/mol. The van der Waals surface area contributed by atoms with Crippen molar-refractivity contribution in [3.8, 4) is 5.75 Å². The monoisotopic (exact) mass is 395 g/mol. The van der Waals surface area contributed by atoms with Crippen LogP contribution in [0, 0.1) is 5.92 Å². The number of para-hydroxylation sites is 1. The van der Waals surface area contributed by atoms with Crippen LogP contribution in [0.25, 0.3) is 0 Å². The van der Waals surface area contributed by atoms with Gasteiger partial charge in [-0.3, -0.25) is 9.59 Å². The lowest BCUT2D eigenvalue weighted by molar-refractivity contribution is -0.139. The predicted octanol–water partition coefficient (Wildman–Crippen LogP) is 2.24. The molecule has 1 aromatic rings. The molecule has 27 heavy (non-hydrogen) atoms. The summed E-state index contributed by atoms with van der Waals surface area (Å²) < 4.78 is 5.50. The fourth-order valence-electron chi connectivity index (χ4n) is 3.94. The van der Waals surface area contributed by atoms with Crippen molar-refractivity contribution in [2.75, 3.05) is 33.3 Å². The van der Waals surface area contributed by atoms with E-state index in [4.69, 9.17) is 4.74 Å². The maximum Gasteiger partial charge on any atom is 0.228 e. The minimum atomic E-state index is -0.267. The van der Waals surface area contributed by atoms with E-state index >= 15 is 0 Å². The van der Waals surface area contributed by atoms with Crippen LogP contribution in [0.15, 0.2) is 24.3 Å². The minimum absolute atomic E-state index is 0. The van der Waals surface area contributed by atoms with Crippen LogP contribution >= 0.6 is 12.4 Å². The van der Waals surface area contributed by atoms with Gasteiger partial charge in [0.2, 0.25) is 11.8 Å². The van der Waals surface area contributed by atoms with Gasteiger partial charge in [0.25, 0.3) is 0 Å². The van der Waals surface area contributed by atoms with Gasteiger partial charge < -0.3 is 19.9 Å². The van der Waals surface area contributed by atoms with Crippen LogP contribution in [0.3, 0.4) is 0 Å². The zero-order chi connectivity index (χ0) is 18.9. The van der Waals surface area contributed by atoms with Crippen LogP contribution in [-0.2, 0) is 9.59 Å². The molecule has 2 unspecified atom stereocenters. The first-order valence-corrected chi connectivity index (χ1v) is 9.27. The molecule has 0 aliphatic carbocycles. The Labute approximate surface area is 167 Å². The highest BCUT2D eigenvalue weighted by atomic mass is 35.5. The van der Waals surface area contributed by atoms with Crippen molar-refractivity contribution in [1.29, 1.82) is 0 Å². The molecule has 0 spiro atoms. The van der Waals surface area contributed by atoms with Gasteiger partial charge in [-0.25, -0.2) is 0 Å². The van der Waals surface area contributed by atoms with E-state index in [0.717, 1.165) is 17.9 Å². The van der Waals surface area contributed by atoms with E-state index in [1.165, 1.54) is 0 Å². The lowest BCUT2D eigenvalue weighted by atomic mass is 9.98. The molecule has 2 saturated heterocycles. The first-order chi connectivity index (χ1) is 12.3. The molecule has 7 heteroatoms. The summed E-state index contributed by atoms with van der Waals surface area (Å²) in [6, 6.07) is 7.76. The van der Waals surface area contributed by atoms with Crippen LogP contribution in [-0.4, -0.2) is 60.4 Å². The largest absolute Gasteiger partial charge is 0.496 e. The lowest BCUT2D eigenvalue weighted by Gasteiger charge is -2.38. The molecule has 1 aromatic carbocycles. The Bertz CT molecular complexity index is 689. The summed E-state index contributed by atoms with van der Waals surface area (Å²) in [5.74, 6) is 0.664. The van der Waals surface area contributed by atoms with Crippen LogP contribution in [0.1, 0.15) is 38.8 Å².